The van der Waals surface area contributed by atoms with Gasteiger partial charge in [0.1, 0.15) is 0 Å². The summed E-state index contributed by atoms with van der Waals surface area (Å²) < 4.78 is 25.1. The number of hydrogen-bond acceptors (Lipinski definition) is 4. The molecule has 0 amide bonds. The van der Waals surface area contributed by atoms with Gasteiger partial charge in [-0.15, -0.1) is 0 Å². The van der Waals surface area contributed by atoms with E-state index in [4.69, 9.17) is 5.11 Å². The maximum absolute atomic E-state index is 11.8. The summed E-state index contributed by atoms with van der Waals surface area (Å²) in [6.07, 6.45) is 0. The normalized spacial score (nSPS) is 17.7. The minimum atomic E-state index is -3.29. The molecule has 1 N–H and O–H groups in total. The second-order valence-electron chi connectivity index (χ2n) is 4.76. The molecular weight excluding hydrogens is 264 g/mol. The molecule has 5 nitrogen and oxygen atoms in total. The second kappa shape index (κ2) is 5.90. The molecule has 0 bridgehead atoms. The zero-order valence-corrected chi connectivity index (χ0v) is 11.9. The molecule has 1 heterocycles. The third-order valence-corrected chi connectivity index (χ3v) is 5.20. The average molecular weight is 284 g/mol. The third-order valence-electron chi connectivity index (χ3n) is 3.35. The van der Waals surface area contributed by atoms with Crippen LogP contribution in [0.5, 0.6) is 0 Å². The van der Waals surface area contributed by atoms with Crippen molar-refractivity contribution in [1.82, 2.24) is 4.31 Å². The Morgan fingerprint density at radius 1 is 1.21 bits per heavy atom. The first-order valence-corrected chi connectivity index (χ1v) is 8.04. The highest BCUT2D eigenvalue weighted by Gasteiger charge is 2.26. The van der Waals surface area contributed by atoms with Gasteiger partial charge in [0.15, 0.2) is 0 Å². The second-order valence-corrected chi connectivity index (χ2v) is 6.85. The van der Waals surface area contributed by atoms with E-state index in [1.54, 1.807) is 0 Å². The molecule has 0 aliphatic carbocycles. The standard InChI is InChI=1S/C13H20N2O3S/c1-12-3-2-4-13(11-12)14-5-7-15(8-6-14)19(17,18)10-9-16/h2-4,11,16H,5-10H2,1H3. The average Bonchev–Trinajstić information content (AvgIpc) is 2.39. The molecule has 0 aromatic heterocycles. The van der Waals surface area contributed by atoms with Gasteiger partial charge in [0, 0.05) is 31.9 Å². The van der Waals surface area contributed by atoms with Crippen molar-refractivity contribution in [3.8, 4) is 0 Å². The summed E-state index contributed by atoms with van der Waals surface area (Å²) in [4.78, 5) is 2.19. The van der Waals surface area contributed by atoms with E-state index in [9.17, 15) is 8.42 Å². The quantitative estimate of drug-likeness (QED) is 0.871. The van der Waals surface area contributed by atoms with Crippen LogP contribution in [0.3, 0.4) is 0 Å². The topological polar surface area (TPSA) is 60.9 Å². The molecule has 6 heteroatoms. The van der Waals surface area contributed by atoms with E-state index in [-0.39, 0.29) is 12.4 Å². The van der Waals surface area contributed by atoms with E-state index < -0.39 is 10.0 Å². The Bertz CT molecular complexity index is 522. The Morgan fingerprint density at radius 2 is 1.89 bits per heavy atom. The molecule has 0 spiro atoms. The first kappa shape index (κ1) is 14.3. The lowest BCUT2D eigenvalue weighted by Gasteiger charge is -2.35. The number of nitrogens with zero attached hydrogens (tertiary/aromatic N) is 2. The van der Waals surface area contributed by atoms with Crippen LogP contribution in [0.25, 0.3) is 0 Å². The van der Waals surface area contributed by atoms with E-state index in [0.29, 0.717) is 26.2 Å². The number of piperazine rings is 1. The number of benzene rings is 1. The Kier molecular flexibility index (Phi) is 4.44. The minimum Gasteiger partial charge on any atom is -0.395 e. The van der Waals surface area contributed by atoms with Crippen LogP contribution in [0, 0.1) is 6.92 Å². The van der Waals surface area contributed by atoms with Crippen LogP contribution in [-0.4, -0.2) is 56.4 Å². The lowest BCUT2D eigenvalue weighted by atomic mass is 10.2. The third kappa shape index (κ3) is 3.46. The van der Waals surface area contributed by atoms with Crippen LogP contribution in [0.1, 0.15) is 5.56 Å². The lowest BCUT2D eigenvalue weighted by molar-refractivity contribution is 0.312. The number of rotatable bonds is 4. The van der Waals surface area contributed by atoms with Crippen LogP contribution in [0.4, 0.5) is 5.69 Å². The molecule has 1 fully saturated rings. The molecule has 1 aliphatic heterocycles. The van der Waals surface area contributed by atoms with E-state index >= 15 is 0 Å². The summed E-state index contributed by atoms with van der Waals surface area (Å²) in [7, 11) is -3.29. The molecule has 0 atom stereocenters. The van der Waals surface area contributed by atoms with Crippen molar-refractivity contribution in [3.05, 3.63) is 29.8 Å². The fourth-order valence-corrected chi connectivity index (χ4v) is 3.50. The molecule has 2 rings (SSSR count). The van der Waals surface area contributed by atoms with Crippen molar-refractivity contribution in [2.75, 3.05) is 43.4 Å². The lowest BCUT2D eigenvalue weighted by Crippen LogP contribution is -2.49. The van der Waals surface area contributed by atoms with Gasteiger partial charge in [0.2, 0.25) is 10.0 Å². The highest BCUT2D eigenvalue weighted by Crippen LogP contribution is 2.18. The monoisotopic (exact) mass is 284 g/mol. The molecule has 0 radical (unpaired) electrons. The smallest absolute Gasteiger partial charge is 0.216 e. The van der Waals surface area contributed by atoms with Crippen LogP contribution in [0.15, 0.2) is 24.3 Å². The molecule has 1 aliphatic rings. The minimum absolute atomic E-state index is 0.183. The van der Waals surface area contributed by atoms with Crippen LogP contribution >= 0.6 is 0 Å². The Hall–Kier alpha value is -1.11. The summed E-state index contributed by atoms with van der Waals surface area (Å²) in [5.41, 5.74) is 2.34. The van der Waals surface area contributed by atoms with Gasteiger partial charge in [-0.25, -0.2) is 8.42 Å². The largest absolute Gasteiger partial charge is 0.395 e. The van der Waals surface area contributed by atoms with Crippen molar-refractivity contribution in [1.29, 1.82) is 0 Å². The fraction of sp³-hybridized carbons (Fsp3) is 0.538. The van der Waals surface area contributed by atoms with Crippen molar-refractivity contribution in [2.45, 2.75) is 6.92 Å². The Labute approximate surface area is 114 Å². The zero-order chi connectivity index (χ0) is 13.9. The highest BCUT2D eigenvalue weighted by atomic mass is 32.2. The van der Waals surface area contributed by atoms with E-state index in [0.717, 1.165) is 5.69 Å². The van der Waals surface area contributed by atoms with Crippen molar-refractivity contribution >= 4 is 15.7 Å². The number of hydrogen-bond donors (Lipinski definition) is 1. The Morgan fingerprint density at radius 3 is 2.47 bits per heavy atom. The van der Waals surface area contributed by atoms with Gasteiger partial charge in [-0.3, -0.25) is 0 Å². The molecule has 106 valence electrons. The molecule has 0 unspecified atom stereocenters. The summed E-state index contributed by atoms with van der Waals surface area (Å²) in [5.74, 6) is -0.183. The van der Waals surface area contributed by atoms with Crippen molar-refractivity contribution in [2.24, 2.45) is 0 Å². The summed E-state index contributed by atoms with van der Waals surface area (Å²) in [5, 5.41) is 8.78. The van der Waals surface area contributed by atoms with Crippen molar-refractivity contribution in [3.63, 3.8) is 0 Å². The molecule has 1 aromatic carbocycles. The highest BCUT2D eigenvalue weighted by molar-refractivity contribution is 7.89. The summed E-state index contributed by atoms with van der Waals surface area (Å²) in [6, 6.07) is 8.22. The van der Waals surface area contributed by atoms with Gasteiger partial charge < -0.3 is 10.0 Å². The summed E-state index contributed by atoms with van der Waals surface area (Å²) in [6.45, 7) is 4.07. The molecule has 1 saturated heterocycles. The Balaban J connectivity index is 2.00. The molecular formula is C13H20N2O3S. The van der Waals surface area contributed by atoms with Crippen LogP contribution in [-0.2, 0) is 10.0 Å². The molecule has 19 heavy (non-hydrogen) atoms. The number of anilines is 1. The first-order valence-electron chi connectivity index (χ1n) is 6.43. The van der Waals surface area contributed by atoms with Crippen LogP contribution < -0.4 is 4.90 Å². The van der Waals surface area contributed by atoms with E-state index in [1.807, 2.05) is 25.1 Å². The number of aryl methyl sites for hydroxylation is 1. The zero-order valence-electron chi connectivity index (χ0n) is 11.1. The van der Waals surface area contributed by atoms with Gasteiger partial charge >= 0.3 is 0 Å². The predicted octanol–water partition coefficient (Wildman–Crippen LogP) is 0.439. The summed E-state index contributed by atoms with van der Waals surface area (Å²) >= 11 is 0. The van der Waals surface area contributed by atoms with Gasteiger partial charge in [-0.05, 0) is 24.6 Å². The van der Waals surface area contributed by atoms with Crippen molar-refractivity contribution < 1.29 is 13.5 Å². The molecule has 1 aromatic rings. The van der Waals surface area contributed by atoms with Gasteiger partial charge in [0.05, 0.1) is 12.4 Å². The molecule has 0 saturated carbocycles. The number of aliphatic hydroxyl groups is 1. The first-order chi connectivity index (χ1) is 9.03. The fourth-order valence-electron chi connectivity index (χ4n) is 2.29. The van der Waals surface area contributed by atoms with E-state index in [2.05, 4.69) is 11.0 Å². The van der Waals surface area contributed by atoms with Gasteiger partial charge in [0.25, 0.3) is 0 Å². The number of sulfonamides is 1. The predicted molar refractivity (Wildman–Crippen MR) is 75.8 cm³/mol. The van der Waals surface area contributed by atoms with Crippen LogP contribution in [0.2, 0.25) is 0 Å². The number of aliphatic hydroxyl groups excluding tert-OH is 1. The SMILES string of the molecule is Cc1cccc(N2CCN(S(=O)(=O)CCO)CC2)c1. The maximum Gasteiger partial charge on any atom is 0.216 e. The van der Waals surface area contributed by atoms with Gasteiger partial charge in [-0.2, -0.15) is 4.31 Å². The van der Waals surface area contributed by atoms with E-state index in [1.165, 1.54) is 9.87 Å². The van der Waals surface area contributed by atoms with Gasteiger partial charge in [-0.1, -0.05) is 12.1 Å². The maximum atomic E-state index is 11.8.